The van der Waals surface area contributed by atoms with E-state index in [-0.39, 0.29) is 0 Å². The highest BCUT2D eigenvalue weighted by molar-refractivity contribution is 6.09. The van der Waals surface area contributed by atoms with Crippen LogP contribution in [0.15, 0.2) is 42.6 Å². The van der Waals surface area contributed by atoms with Crippen molar-refractivity contribution in [3.8, 4) is 23.0 Å². The lowest BCUT2D eigenvalue weighted by Crippen LogP contribution is -1.93. The highest BCUT2D eigenvalue weighted by Gasteiger charge is 2.12. The Balaban J connectivity index is 0.000000254. The van der Waals surface area contributed by atoms with Crippen molar-refractivity contribution in [1.29, 1.82) is 0 Å². The highest BCUT2D eigenvalue weighted by atomic mass is 16.5. The first-order valence-corrected chi connectivity index (χ1v) is 10.1. The van der Waals surface area contributed by atoms with Crippen LogP contribution >= 0.6 is 0 Å². The van der Waals surface area contributed by atoms with Gasteiger partial charge < -0.3 is 23.5 Å². The van der Waals surface area contributed by atoms with E-state index in [4.69, 9.17) is 18.9 Å². The molecule has 164 valence electrons. The van der Waals surface area contributed by atoms with Gasteiger partial charge in [0.15, 0.2) is 23.0 Å². The summed E-state index contributed by atoms with van der Waals surface area (Å²) in [5, 5.41) is 4.32. The van der Waals surface area contributed by atoms with E-state index in [1.807, 2.05) is 44.4 Å². The number of benzene rings is 3. The van der Waals surface area contributed by atoms with Gasteiger partial charge in [0, 0.05) is 19.7 Å². The molecule has 0 amide bonds. The summed E-state index contributed by atoms with van der Waals surface area (Å²) in [4.78, 5) is 4.29. The Morgan fingerprint density at radius 2 is 1.16 bits per heavy atom. The molecule has 0 saturated heterocycles. The Morgan fingerprint density at radius 1 is 0.742 bits per heavy atom. The quantitative estimate of drug-likeness (QED) is 0.408. The lowest BCUT2D eigenvalue weighted by Gasteiger charge is -2.13. The zero-order valence-electron chi connectivity index (χ0n) is 19.3. The van der Waals surface area contributed by atoms with E-state index in [0.29, 0.717) is 11.5 Å². The number of fused-ring (bicyclic) bond motifs is 3. The van der Waals surface area contributed by atoms with Crippen molar-refractivity contribution in [2.45, 2.75) is 20.3 Å². The molecule has 1 heterocycles. The molecule has 0 bridgehead atoms. The molecular weight excluding hydrogens is 392 g/mol. The number of methoxy groups -OCH3 is 4. The second-order valence-electron chi connectivity index (χ2n) is 7.19. The monoisotopic (exact) mass is 422 g/mol. The van der Waals surface area contributed by atoms with Gasteiger partial charge in [-0.15, -0.1) is 0 Å². The molecule has 0 spiro atoms. The summed E-state index contributed by atoms with van der Waals surface area (Å²) in [6, 6.07) is 12.1. The molecule has 6 heteroatoms. The van der Waals surface area contributed by atoms with Crippen LogP contribution in [0, 0.1) is 6.92 Å². The smallest absolute Gasteiger partial charge is 0.161 e. The third kappa shape index (κ3) is 4.53. The first-order valence-electron chi connectivity index (χ1n) is 10.1. The SMILES string of the molecule is CCc1nc(C)cn1C.COc1cc2ccc3cc(OC)c(OC)cc3c2cc1OC. The number of hydrogen-bond acceptors (Lipinski definition) is 5. The number of imidazole rings is 1. The second-order valence-corrected chi connectivity index (χ2v) is 7.19. The number of rotatable bonds is 5. The molecule has 6 nitrogen and oxygen atoms in total. The van der Waals surface area contributed by atoms with Gasteiger partial charge in [-0.1, -0.05) is 19.1 Å². The zero-order chi connectivity index (χ0) is 22.5. The van der Waals surface area contributed by atoms with Gasteiger partial charge in [0.2, 0.25) is 0 Å². The van der Waals surface area contributed by atoms with E-state index in [0.717, 1.165) is 51.0 Å². The molecule has 0 radical (unpaired) electrons. The Kier molecular flexibility index (Phi) is 6.90. The van der Waals surface area contributed by atoms with E-state index in [9.17, 15) is 0 Å². The molecule has 0 saturated carbocycles. The molecule has 4 rings (SSSR count). The van der Waals surface area contributed by atoms with Crippen molar-refractivity contribution in [1.82, 2.24) is 9.55 Å². The van der Waals surface area contributed by atoms with Gasteiger partial charge in [-0.2, -0.15) is 0 Å². The van der Waals surface area contributed by atoms with Crippen LogP contribution in [0.3, 0.4) is 0 Å². The summed E-state index contributed by atoms with van der Waals surface area (Å²) < 4.78 is 23.6. The average molecular weight is 423 g/mol. The number of ether oxygens (including phenoxy) is 4. The van der Waals surface area contributed by atoms with Gasteiger partial charge in [0.25, 0.3) is 0 Å². The fourth-order valence-corrected chi connectivity index (χ4v) is 3.71. The van der Waals surface area contributed by atoms with E-state index in [2.05, 4.69) is 28.6 Å². The van der Waals surface area contributed by atoms with E-state index in [1.54, 1.807) is 28.4 Å². The van der Waals surface area contributed by atoms with Gasteiger partial charge in [-0.3, -0.25) is 0 Å². The molecule has 1 aromatic heterocycles. The minimum absolute atomic E-state index is 0.706. The molecule has 4 aromatic rings. The van der Waals surface area contributed by atoms with Crippen molar-refractivity contribution in [3.05, 3.63) is 54.1 Å². The topological polar surface area (TPSA) is 54.7 Å². The van der Waals surface area contributed by atoms with Crippen LogP contribution in [0.5, 0.6) is 23.0 Å². The molecule has 31 heavy (non-hydrogen) atoms. The molecular formula is C25H30N2O4. The summed E-state index contributed by atoms with van der Waals surface area (Å²) in [7, 11) is 8.58. The molecule has 0 aliphatic carbocycles. The van der Waals surface area contributed by atoms with Crippen molar-refractivity contribution >= 4 is 21.5 Å². The molecule has 0 N–H and O–H groups in total. The third-order valence-corrected chi connectivity index (χ3v) is 5.25. The lowest BCUT2D eigenvalue weighted by atomic mass is 10.0. The first-order chi connectivity index (χ1) is 14.9. The van der Waals surface area contributed by atoms with Crippen LogP contribution in [0.1, 0.15) is 18.4 Å². The summed E-state index contributed by atoms with van der Waals surface area (Å²) in [6.07, 6.45) is 3.06. The fourth-order valence-electron chi connectivity index (χ4n) is 3.71. The molecule has 0 aliphatic heterocycles. The number of aryl methyl sites for hydroxylation is 3. The van der Waals surface area contributed by atoms with Crippen LogP contribution < -0.4 is 18.9 Å². The standard InChI is InChI=1S/C18H18O4.C7H12N2/c1-19-15-7-11-5-6-12-8-16(20-2)18(22-4)10-14(12)13(11)9-17(15)21-3;1-4-7-8-6(2)5-9(7)3/h5-10H,1-4H3;5H,4H2,1-3H3. The van der Waals surface area contributed by atoms with Crippen LogP contribution in [0.25, 0.3) is 21.5 Å². The first kappa shape index (κ1) is 22.3. The predicted octanol–water partition coefficient (Wildman–Crippen LogP) is 5.32. The third-order valence-electron chi connectivity index (χ3n) is 5.25. The van der Waals surface area contributed by atoms with Gasteiger partial charge in [-0.05, 0) is 52.7 Å². The zero-order valence-corrected chi connectivity index (χ0v) is 19.3. The van der Waals surface area contributed by atoms with Gasteiger partial charge in [0.1, 0.15) is 5.82 Å². The fraction of sp³-hybridized carbons (Fsp3) is 0.320. The molecule has 0 atom stereocenters. The summed E-state index contributed by atoms with van der Waals surface area (Å²) in [5.74, 6) is 4.01. The van der Waals surface area contributed by atoms with Crippen molar-refractivity contribution in [2.75, 3.05) is 28.4 Å². The van der Waals surface area contributed by atoms with Gasteiger partial charge in [0.05, 0.1) is 34.1 Å². The maximum Gasteiger partial charge on any atom is 0.161 e. The average Bonchev–Trinajstić information content (AvgIpc) is 3.14. The van der Waals surface area contributed by atoms with Crippen molar-refractivity contribution in [3.63, 3.8) is 0 Å². The van der Waals surface area contributed by atoms with Gasteiger partial charge >= 0.3 is 0 Å². The van der Waals surface area contributed by atoms with Crippen LogP contribution in [0.2, 0.25) is 0 Å². The van der Waals surface area contributed by atoms with Crippen LogP contribution in [-0.2, 0) is 13.5 Å². The summed E-state index contributed by atoms with van der Waals surface area (Å²) >= 11 is 0. The van der Waals surface area contributed by atoms with E-state index < -0.39 is 0 Å². The Bertz CT molecular complexity index is 1130. The summed E-state index contributed by atoms with van der Waals surface area (Å²) in [6.45, 7) is 4.13. The van der Waals surface area contributed by atoms with Crippen LogP contribution in [-0.4, -0.2) is 38.0 Å². The Hall–Kier alpha value is -3.41. The summed E-state index contributed by atoms with van der Waals surface area (Å²) in [5.41, 5.74) is 1.11. The second kappa shape index (κ2) is 9.60. The molecule has 3 aromatic carbocycles. The van der Waals surface area contributed by atoms with E-state index >= 15 is 0 Å². The molecule has 0 aliphatic rings. The number of hydrogen-bond donors (Lipinski definition) is 0. The normalized spacial score (nSPS) is 10.5. The molecule has 0 unspecified atom stereocenters. The minimum Gasteiger partial charge on any atom is -0.493 e. The largest absolute Gasteiger partial charge is 0.493 e. The van der Waals surface area contributed by atoms with Crippen molar-refractivity contribution in [2.24, 2.45) is 7.05 Å². The number of aromatic nitrogens is 2. The maximum absolute atomic E-state index is 5.41. The highest BCUT2D eigenvalue weighted by Crippen LogP contribution is 2.39. The van der Waals surface area contributed by atoms with Crippen molar-refractivity contribution < 1.29 is 18.9 Å². The van der Waals surface area contributed by atoms with E-state index in [1.165, 1.54) is 0 Å². The lowest BCUT2D eigenvalue weighted by molar-refractivity contribution is 0.355. The van der Waals surface area contributed by atoms with Gasteiger partial charge in [-0.25, -0.2) is 4.98 Å². The Morgan fingerprint density at radius 3 is 1.45 bits per heavy atom. The maximum atomic E-state index is 5.41. The molecule has 0 fully saturated rings. The minimum atomic E-state index is 0.706. The number of nitrogens with zero attached hydrogens (tertiary/aromatic N) is 2. The van der Waals surface area contributed by atoms with Crippen LogP contribution in [0.4, 0.5) is 0 Å². The Labute approximate surface area is 183 Å². The predicted molar refractivity (Wildman–Crippen MR) is 125 cm³/mol.